The van der Waals surface area contributed by atoms with Crippen molar-refractivity contribution in [2.75, 3.05) is 13.2 Å². The molecule has 0 aromatic carbocycles. The Labute approximate surface area is 90.2 Å². The van der Waals surface area contributed by atoms with E-state index in [4.69, 9.17) is 9.47 Å². The van der Waals surface area contributed by atoms with Crippen molar-refractivity contribution in [3.63, 3.8) is 0 Å². The first-order valence-corrected chi connectivity index (χ1v) is 5.79. The molecule has 4 heteroatoms. The van der Waals surface area contributed by atoms with Crippen LogP contribution in [0.2, 0.25) is 0 Å². The van der Waals surface area contributed by atoms with Crippen LogP contribution in [0.25, 0.3) is 0 Å². The van der Waals surface area contributed by atoms with Crippen LogP contribution in [-0.2, 0) is 9.47 Å². The predicted molar refractivity (Wildman–Crippen MR) is 54.3 cm³/mol. The first-order valence-electron chi connectivity index (χ1n) is 5.79. The Morgan fingerprint density at radius 2 is 1.93 bits per heavy atom. The highest BCUT2D eigenvalue weighted by molar-refractivity contribution is 4.87. The van der Waals surface area contributed by atoms with Crippen LogP contribution in [0.1, 0.15) is 32.6 Å². The Hall–Kier alpha value is -0.160. The quantitative estimate of drug-likeness (QED) is 0.676. The first-order chi connectivity index (χ1) is 7.15. The van der Waals surface area contributed by atoms with E-state index in [2.05, 4.69) is 6.92 Å². The predicted octanol–water partition coefficient (Wildman–Crippen LogP) is 0.661. The fourth-order valence-corrected chi connectivity index (χ4v) is 2.31. The zero-order valence-electron chi connectivity index (χ0n) is 9.19. The van der Waals surface area contributed by atoms with Crippen LogP contribution in [0.3, 0.4) is 0 Å². The molecular formula is C11H20O4. The lowest BCUT2D eigenvalue weighted by molar-refractivity contribution is -0.311. The molecule has 0 unspecified atom stereocenters. The minimum atomic E-state index is -0.761. The summed E-state index contributed by atoms with van der Waals surface area (Å²) in [7, 11) is 0. The van der Waals surface area contributed by atoms with Crippen LogP contribution >= 0.6 is 0 Å². The van der Waals surface area contributed by atoms with Crippen molar-refractivity contribution in [2.45, 2.75) is 50.6 Å². The van der Waals surface area contributed by atoms with Gasteiger partial charge in [-0.1, -0.05) is 13.3 Å². The molecule has 0 radical (unpaired) electrons. The maximum Gasteiger partial charge on any atom is 0.170 e. The molecule has 15 heavy (non-hydrogen) atoms. The summed E-state index contributed by atoms with van der Waals surface area (Å²) in [6.07, 6.45) is 1.96. The van der Waals surface area contributed by atoms with Gasteiger partial charge in [0.1, 0.15) is 6.10 Å². The fraction of sp³-hybridized carbons (Fsp3) is 1.00. The van der Waals surface area contributed by atoms with E-state index < -0.39 is 18.0 Å². The molecular weight excluding hydrogens is 196 g/mol. The van der Waals surface area contributed by atoms with Crippen LogP contribution in [-0.4, -0.2) is 41.4 Å². The molecule has 2 saturated heterocycles. The SMILES string of the molecule is CC[C@H]1CC[C@@]2(C[C@H](O)[C@H](O)CO2)OC1. The van der Waals surface area contributed by atoms with E-state index in [1.54, 1.807) is 0 Å². The van der Waals surface area contributed by atoms with Gasteiger partial charge in [-0.3, -0.25) is 0 Å². The average molecular weight is 216 g/mol. The van der Waals surface area contributed by atoms with Gasteiger partial charge in [0, 0.05) is 12.8 Å². The lowest BCUT2D eigenvalue weighted by Gasteiger charge is -2.45. The lowest BCUT2D eigenvalue weighted by Crippen LogP contribution is -2.53. The number of hydrogen-bond donors (Lipinski definition) is 2. The third kappa shape index (κ3) is 2.33. The molecule has 4 nitrogen and oxygen atoms in total. The van der Waals surface area contributed by atoms with Crippen LogP contribution in [0.15, 0.2) is 0 Å². The maximum absolute atomic E-state index is 9.61. The Morgan fingerprint density at radius 1 is 1.20 bits per heavy atom. The number of ether oxygens (including phenoxy) is 2. The van der Waals surface area contributed by atoms with Crippen molar-refractivity contribution in [1.29, 1.82) is 0 Å². The van der Waals surface area contributed by atoms with E-state index in [9.17, 15) is 10.2 Å². The van der Waals surface area contributed by atoms with Gasteiger partial charge in [0.2, 0.25) is 0 Å². The molecule has 4 atom stereocenters. The second-order valence-electron chi connectivity index (χ2n) is 4.68. The molecule has 2 aliphatic rings. The normalized spacial score (nSPS) is 47.0. The van der Waals surface area contributed by atoms with Gasteiger partial charge in [-0.05, 0) is 12.3 Å². The summed E-state index contributed by atoms with van der Waals surface area (Å²) < 4.78 is 11.3. The highest BCUT2D eigenvalue weighted by atomic mass is 16.7. The molecule has 0 saturated carbocycles. The monoisotopic (exact) mass is 216 g/mol. The van der Waals surface area contributed by atoms with E-state index in [1.165, 1.54) is 0 Å². The van der Waals surface area contributed by atoms with Crippen LogP contribution in [0, 0.1) is 5.92 Å². The summed E-state index contributed by atoms with van der Waals surface area (Å²) in [6.45, 7) is 3.05. The molecule has 0 aromatic heterocycles. The summed E-state index contributed by atoms with van der Waals surface area (Å²) in [6, 6.07) is 0. The fourth-order valence-electron chi connectivity index (χ4n) is 2.31. The molecule has 0 bridgehead atoms. The molecule has 1 spiro atoms. The minimum Gasteiger partial charge on any atom is -0.390 e. The Bertz CT molecular complexity index is 211. The van der Waals surface area contributed by atoms with Gasteiger partial charge >= 0.3 is 0 Å². The smallest absolute Gasteiger partial charge is 0.170 e. The van der Waals surface area contributed by atoms with Crippen molar-refractivity contribution < 1.29 is 19.7 Å². The molecule has 0 amide bonds. The van der Waals surface area contributed by atoms with E-state index >= 15 is 0 Å². The van der Waals surface area contributed by atoms with Crippen molar-refractivity contribution in [2.24, 2.45) is 5.92 Å². The molecule has 0 aromatic rings. The van der Waals surface area contributed by atoms with Crippen LogP contribution in [0.5, 0.6) is 0 Å². The number of aliphatic hydroxyl groups is 2. The Balaban J connectivity index is 1.92. The van der Waals surface area contributed by atoms with E-state index in [1.807, 2.05) is 0 Å². The second kappa shape index (κ2) is 4.37. The minimum absolute atomic E-state index is 0.179. The Morgan fingerprint density at radius 3 is 2.47 bits per heavy atom. The van der Waals surface area contributed by atoms with Gasteiger partial charge in [0.25, 0.3) is 0 Å². The highest BCUT2D eigenvalue weighted by Gasteiger charge is 2.44. The zero-order chi connectivity index (χ0) is 10.9. The highest BCUT2D eigenvalue weighted by Crippen LogP contribution is 2.37. The molecule has 2 fully saturated rings. The van der Waals surface area contributed by atoms with Gasteiger partial charge < -0.3 is 19.7 Å². The standard InChI is InChI=1S/C11H20O4/c1-2-8-3-4-11(14-6-8)5-9(12)10(13)7-15-11/h8-10,12-13H,2-7H2,1H3/t8-,9-,10+,11+/m0/s1. The van der Waals surface area contributed by atoms with E-state index in [0.717, 1.165) is 19.3 Å². The summed E-state index contributed by atoms with van der Waals surface area (Å²) in [5, 5.41) is 19.0. The van der Waals surface area contributed by atoms with Gasteiger partial charge in [0.05, 0.1) is 19.3 Å². The average Bonchev–Trinajstić information content (AvgIpc) is 2.26. The van der Waals surface area contributed by atoms with Gasteiger partial charge in [-0.2, -0.15) is 0 Å². The molecule has 2 aliphatic heterocycles. The van der Waals surface area contributed by atoms with Crippen molar-refractivity contribution in [3.8, 4) is 0 Å². The summed E-state index contributed by atoms with van der Waals surface area (Å²) in [5.41, 5.74) is 0. The third-order valence-corrected chi connectivity index (χ3v) is 3.57. The second-order valence-corrected chi connectivity index (χ2v) is 4.68. The van der Waals surface area contributed by atoms with Crippen molar-refractivity contribution in [1.82, 2.24) is 0 Å². The summed E-state index contributed by atoms with van der Waals surface area (Å²) in [5.74, 6) is -0.00663. The van der Waals surface area contributed by atoms with Crippen LogP contribution in [0.4, 0.5) is 0 Å². The summed E-state index contributed by atoms with van der Waals surface area (Å²) >= 11 is 0. The molecule has 88 valence electrons. The first kappa shape index (κ1) is 11.3. The van der Waals surface area contributed by atoms with Gasteiger partial charge in [-0.25, -0.2) is 0 Å². The summed E-state index contributed by atoms with van der Waals surface area (Å²) in [4.78, 5) is 0. The maximum atomic E-state index is 9.61. The largest absolute Gasteiger partial charge is 0.390 e. The zero-order valence-corrected chi connectivity index (χ0v) is 9.19. The van der Waals surface area contributed by atoms with Gasteiger partial charge in [-0.15, -0.1) is 0 Å². The van der Waals surface area contributed by atoms with Crippen LogP contribution < -0.4 is 0 Å². The van der Waals surface area contributed by atoms with E-state index in [0.29, 0.717) is 18.9 Å². The lowest BCUT2D eigenvalue weighted by atomic mass is 9.89. The van der Waals surface area contributed by atoms with Crippen molar-refractivity contribution >= 4 is 0 Å². The third-order valence-electron chi connectivity index (χ3n) is 3.57. The van der Waals surface area contributed by atoms with Crippen molar-refractivity contribution in [3.05, 3.63) is 0 Å². The molecule has 2 N–H and O–H groups in total. The topological polar surface area (TPSA) is 58.9 Å². The number of aliphatic hydroxyl groups excluding tert-OH is 2. The Kier molecular flexibility index (Phi) is 3.30. The molecule has 0 aliphatic carbocycles. The van der Waals surface area contributed by atoms with Gasteiger partial charge in [0.15, 0.2) is 5.79 Å². The molecule has 2 rings (SSSR count). The number of rotatable bonds is 1. The molecule has 2 heterocycles. The number of hydrogen-bond acceptors (Lipinski definition) is 4. The van der Waals surface area contributed by atoms with E-state index in [-0.39, 0.29) is 6.61 Å².